The van der Waals surface area contributed by atoms with Crippen molar-refractivity contribution in [3.8, 4) is 11.5 Å². The van der Waals surface area contributed by atoms with Gasteiger partial charge in [0, 0.05) is 10.6 Å². The lowest BCUT2D eigenvalue weighted by atomic mass is 10.2. The smallest absolute Gasteiger partial charge is 0.387 e. The van der Waals surface area contributed by atoms with Crippen molar-refractivity contribution in [1.29, 1.82) is 0 Å². The highest BCUT2D eigenvalue weighted by molar-refractivity contribution is 7.98. The Labute approximate surface area is 143 Å². The first-order valence-electron chi connectivity index (χ1n) is 7.14. The molecule has 0 saturated heterocycles. The highest BCUT2D eigenvalue weighted by atomic mass is 32.2. The van der Waals surface area contributed by atoms with Crippen molar-refractivity contribution in [2.24, 2.45) is 0 Å². The van der Waals surface area contributed by atoms with Crippen LogP contribution in [0, 0.1) is 0 Å². The van der Waals surface area contributed by atoms with Gasteiger partial charge in [-0.05, 0) is 61.7 Å². The molecule has 0 fully saturated rings. The van der Waals surface area contributed by atoms with Crippen molar-refractivity contribution in [2.75, 3.05) is 11.6 Å². The maximum Gasteiger partial charge on any atom is 0.387 e. The summed E-state index contributed by atoms with van der Waals surface area (Å²) in [5.74, 6) is 0.281. The van der Waals surface area contributed by atoms with Gasteiger partial charge in [0.05, 0.1) is 0 Å². The number of ether oxygens (including phenoxy) is 2. The minimum Gasteiger partial charge on any atom is -0.481 e. The second-order valence-corrected chi connectivity index (χ2v) is 5.71. The molecule has 24 heavy (non-hydrogen) atoms. The number of carbonyl (C=O) groups is 1. The summed E-state index contributed by atoms with van der Waals surface area (Å²) in [5.41, 5.74) is 0.467. The van der Waals surface area contributed by atoms with Crippen LogP contribution in [0.1, 0.15) is 6.92 Å². The van der Waals surface area contributed by atoms with Gasteiger partial charge in [-0.1, -0.05) is 0 Å². The average Bonchev–Trinajstić information content (AvgIpc) is 2.56. The van der Waals surface area contributed by atoms with Crippen molar-refractivity contribution in [3.05, 3.63) is 48.5 Å². The number of hydrogen-bond donors (Lipinski definition) is 1. The molecule has 0 aromatic heterocycles. The van der Waals surface area contributed by atoms with E-state index in [1.54, 1.807) is 30.8 Å². The Balaban J connectivity index is 1.90. The minimum atomic E-state index is -2.88. The molecule has 0 heterocycles. The van der Waals surface area contributed by atoms with E-state index in [2.05, 4.69) is 10.1 Å². The van der Waals surface area contributed by atoms with Crippen molar-refractivity contribution < 1.29 is 23.0 Å². The summed E-state index contributed by atoms with van der Waals surface area (Å²) in [6.45, 7) is -1.25. The molecule has 2 aromatic carbocycles. The van der Waals surface area contributed by atoms with Crippen LogP contribution in [0.5, 0.6) is 11.5 Å². The fourth-order valence-corrected chi connectivity index (χ4v) is 2.28. The van der Waals surface area contributed by atoms with Crippen LogP contribution in [0.25, 0.3) is 0 Å². The predicted octanol–water partition coefficient (Wildman–Crippen LogP) is 4.42. The SMILES string of the molecule is CSc1ccc(OC(C)C(=O)Nc2ccc(OC(F)F)cc2)cc1. The Kier molecular flexibility index (Phi) is 6.43. The number of carbonyl (C=O) groups excluding carboxylic acids is 1. The third-order valence-corrected chi connectivity index (χ3v) is 3.83. The van der Waals surface area contributed by atoms with E-state index in [1.807, 2.05) is 18.4 Å². The topological polar surface area (TPSA) is 47.6 Å². The minimum absolute atomic E-state index is 0.0289. The van der Waals surface area contributed by atoms with Gasteiger partial charge in [-0.15, -0.1) is 11.8 Å². The number of hydrogen-bond acceptors (Lipinski definition) is 4. The molecule has 0 spiro atoms. The Morgan fingerprint density at radius 3 is 2.08 bits per heavy atom. The van der Waals surface area contributed by atoms with E-state index in [0.29, 0.717) is 11.4 Å². The van der Waals surface area contributed by atoms with E-state index in [1.165, 1.54) is 24.3 Å². The lowest BCUT2D eigenvalue weighted by molar-refractivity contribution is -0.122. The number of halogens is 2. The van der Waals surface area contributed by atoms with Gasteiger partial charge in [0.2, 0.25) is 0 Å². The third-order valence-electron chi connectivity index (χ3n) is 3.09. The number of nitrogens with one attached hydrogen (secondary N) is 1. The van der Waals surface area contributed by atoms with E-state index < -0.39 is 12.7 Å². The number of benzene rings is 2. The highest BCUT2D eigenvalue weighted by Gasteiger charge is 2.15. The molecule has 0 aliphatic heterocycles. The molecule has 0 radical (unpaired) electrons. The molecule has 7 heteroatoms. The summed E-state index contributed by atoms with van der Waals surface area (Å²) in [6.07, 6.45) is 1.27. The molecule has 4 nitrogen and oxygen atoms in total. The van der Waals surface area contributed by atoms with Gasteiger partial charge in [-0.25, -0.2) is 0 Å². The zero-order valence-electron chi connectivity index (χ0n) is 13.2. The summed E-state index contributed by atoms with van der Waals surface area (Å²) < 4.78 is 34.0. The average molecular weight is 353 g/mol. The first-order valence-corrected chi connectivity index (χ1v) is 8.37. The molecular formula is C17H17F2NO3S. The number of thioether (sulfide) groups is 1. The van der Waals surface area contributed by atoms with Gasteiger partial charge < -0.3 is 14.8 Å². The lowest BCUT2D eigenvalue weighted by Crippen LogP contribution is -2.30. The second kappa shape index (κ2) is 8.54. The predicted molar refractivity (Wildman–Crippen MR) is 90.0 cm³/mol. The Bertz CT molecular complexity index is 663. The highest BCUT2D eigenvalue weighted by Crippen LogP contribution is 2.21. The van der Waals surface area contributed by atoms with E-state index in [4.69, 9.17) is 4.74 Å². The lowest BCUT2D eigenvalue weighted by Gasteiger charge is -2.15. The number of alkyl halides is 2. The maximum absolute atomic E-state index is 12.1. The molecular weight excluding hydrogens is 336 g/mol. The van der Waals surface area contributed by atoms with Gasteiger partial charge in [-0.3, -0.25) is 4.79 Å². The second-order valence-electron chi connectivity index (χ2n) is 4.83. The van der Waals surface area contributed by atoms with E-state index in [-0.39, 0.29) is 11.7 Å². The molecule has 0 aliphatic rings. The number of rotatable bonds is 7. The summed E-state index contributed by atoms with van der Waals surface area (Å²) >= 11 is 1.62. The van der Waals surface area contributed by atoms with Gasteiger partial charge >= 0.3 is 6.61 Å². The van der Waals surface area contributed by atoms with Gasteiger partial charge in [0.25, 0.3) is 5.91 Å². The Hall–Kier alpha value is -2.28. The van der Waals surface area contributed by atoms with Crippen LogP contribution in [0.15, 0.2) is 53.4 Å². The zero-order valence-corrected chi connectivity index (χ0v) is 14.0. The summed E-state index contributed by atoms with van der Waals surface area (Å²) in [6, 6.07) is 13.1. The molecule has 2 rings (SSSR count). The molecule has 2 aromatic rings. The number of amides is 1. The summed E-state index contributed by atoms with van der Waals surface area (Å²) in [7, 11) is 0. The summed E-state index contributed by atoms with van der Waals surface area (Å²) in [4.78, 5) is 13.2. The molecule has 1 atom stereocenters. The maximum atomic E-state index is 12.1. The van der Waals surface area contributed by atoms with E-state index >= 15 is 0 Å². The van der Waals surface area contributed by atoms with Crippen molar-refractivity contribution in [2.45, 2.75) is 24.5 Å². The first-order chi connectivity index (χ1) is 11.5. The van der Waals surface area contributed by atoms with Gasteiger partial charge in [0.15, 0.2) is 6.10 Å². The Morgan fingerprint density at radius 1 is 1.00 bits per heavy atom. The van der Waals surface area contributed by atoms with Crippen molar-refractivity contribution >= 4 is 23.4 Å². The standard InChI is InChI=1S/C17H17F2NO3S/c1-11(22-13-7-9-15(24-2)10-8-13)16(21)20-12-3-5-14(6-4-12)23-17(18)19/h3-11,17H,1-2H3,(H,20,21). The largest absolute Gasteiger partial charge is 0.481 e. The van der Waals surface area contributed by atoms with Crippen molar-refractivity contribution in [3.63, 3.8) is 0 Å². The number of anilines is 1. The normalized spacial score (nSPS) is 11.9. The molecule has 128 valence electrons. The van der Waals surface area contributed by atoms with Crippen LogP contribution in [-0.2, 0) is 4.79 Å². The zero-order chi connectivity index (χ0) is 17.5. The quantitative estimate of drug-likeness (QED) is 0.749. The molecule has 1 unspecified atom stereocenters. The fraction of sp³-hybridized carbons (Fsp3) is 0.235. The van der Waals surface area contributed by atoms with Crippen LogP contribution >= 0.6 is 11.8 Å². The first kappa shape index (κ1) is 18.1. The van der Waals surface area contributed by atoms with E-state index in [0.717, 1.165) is 4.90 Å². The van der Waals surface area contributed by atoms with Crippen LogP contribution in [0.2, 0.25) is 0 Å². The van der Waals surface area contributed by atoms with Gasteiger partial charge in [0.1, 0.15) is 11.5 Å². The third kappa shape index (κ3) is 5.42. The molecule has 1 amide bonds. The molecule has 0 bridgehead atoms. The van der Waals surface area contributed by atoms with Crippen LogP contribution in [0.4, 0.5) is 14.5 Å². The summed E-state index contributed by atoms with van der Waals surface area (Å²) in [5, 5.41) is 2.65. The fourth-order valence-electron chi connectivity index (χ4n) is 1.88. The van der Waals surface area contributed by atoms with Crippen LogP contribution < -0.4 is 14.8 Å². The molecule has 0 aliphatic carbocycles. The molecule has 0 saturated carbocycles. The van der Waals surface area contributed by atoms with Gasteiger partial charge in [-0.2, -0.15) is 8.78 Å². The molecule has 1 N–H and O–H groups in total. The van der Waals surface area contributed by atoms with Crippen molar-refractivity contribution in [1.82, 2.24) is 0 Å². The van der Waals surface area contributed by atoms with Crippen LogP contribution in [0.3, 0.4) is 0 Å². The monoisotopic (exact) mass is 353 g/mol. The van der Waals surface area contributed by atoms with Crippen LogP contribution in [-0.4, -0.2) is 24.9 Å². The van der Waals surface area contributed by atoms with E-state index in [9.17, 15) is 13.6 Å². The Morgan fingerprint density at radius 2 is 1.54 bits per heavy atom.